The maximum absolute atomic E-state index is 12.7. The van der Waals surface area contributed by atoms with Gasteiger partial charge in [0.1, 0.15) is 5.69 Å². The van der Waals surface area contributed by atoms with Gasteiger partial charge in [0.2, 0.25) is 0 Å². The molecule has 2 aliphatic rings. The minimum atomic E-state index is 0.0329. The Labute approximate surface area is 146 Å². The monoisotopic (exact) mass is 342 g/mol. The lowest BCUT2D eigenvalue weighted by atomic mass is 10.1. The van der Waals surface area contributed by atoms with E-state index in [2.05, 4.69) is 28.1 Å². The van der Waals surface area contributed by atoms with Crippen LogP contribution in [-0.2, 0) is 6.54 Å². The summed E-state index contributed by atoms with van der Waals surface area (Å²) in [6.07, 6.45) is 4.59. The first-order valence-corrected chi connectivity index (χ1v) is 9.63. The minimum Gasteiger partial charge on any atom is -0.329 e. The number of aromatic nitrogens is 2. The van der Waals surface area contributed by atoms with Gasteiger partial charge in [-0.3, -0.25) is 14.7 Å². The van der Waals surface area contributed by atoms with E-state index in [1.807, 2.05) is 10.3 Å². The molecule has 2 aromatic rings. The lowest BCUT2D eigenvalue weighted by Crippen LogP contribution is -2.31. The summed E-state index contributed by atoms with van der Waals surface area (Å²) in [7, 11) is 0. The Hall–Kier alpha value is -1.79. The van der Waals surface area contributed by atoms with Crippen molar-refractivity contribution in [2.75, 3.05) is 19.6 Å². The average molecular weight is 342 g/mol. The highest BCUT2D eigenvalue weighted by atomic mass is 32.1. The van der Waals surface area contributed by atoms with Crippen molar-refractivity contribution in [3.05, 3.63) is 46.2 Å². The highest BCUT2D eigenvalue weighted by Crippen LogP contribution is 2.32. The smallest absolute Gasteiger partial charge is 0.273 e. The predicted molar refractivity (Wildman–Crippen MR) is 93.9 cm³/mol. The fraction of sp³-hybridized carbons (Fsp3) is 0.500. The maximum atomic E-state index is 12.7. The lowest BCUT2D eigenvalue weighted by Gasteiger charge is -2.24. The molecule has 0 aliphatic carbocycles. The van der Waals surface area contributed by atoms with Crippen molar-refractivity contribution in [3.63, 3.8) is 0 Å². The molecule has 0 spiro atoms. The highest BCUT2D eigenvalue weighted by molar-refractivity contribution is 7.07. The van der Waals surface area contributed by atoms with Crippen LogP contribution in [0.2, 0.25) is 0 Å². The summed E-state index contributed by atoms with van der Waals surface area (Å²) in [5.41, 5.74) is 4.41. The van der Waals surface area contributed by atoms with Crippen molar-refractivity contribution in [2.24, 2.45) is 0 Å². The van der Waals surface area contributed by atoms with Gasteiger partial charge in [-0.2, -0.15) is 0 Å². The molecule has 1 amide bonds. The van der Waals surface area contributed by atoms with E-state index in [-0.39, 0.29) is 11.9 Å². The summed E-state index contributed by atoms with van der Waals surface area (Å²) in [5, 5.41) is 1.83. The largest absolute Gasteiger partial charge is 0.329 e. The third kappa shape index (κ3) is 3.21. The van der Waals surface area contributed by atoms with Crippen molar-refractivity contribution >= 4 is 17.2 Å². The van der Waals surface area contributed by atoms with Crippen molar-refractivity contribution < 1.29 is 4.79 Å². The Morgan fingerprint density at radius 1 is 1.21 bits per heavy atom. The molecule has 24 heavy (non-hydrogen) atoms. The molecule has 2 aromatic heterocycles. The highest BCUT2D eigenvalue weighted by Gasteiger charge is 2.32. The molecular formula is C18H22N4OS. The van der Waals surface area contributed by atoms with Crippen LogP contribution in [0.1, 0.15) is 53.6 Å². The van der Waals surface area contributed by atoms with Crippen LogP contribution in [0.5, 0.6) is 0 Å². The average Bonchev–Trinajstić information content (AvgIpc) is 3.36. The van der Waals surface area contributed by atoms with E-state index in [0.717, 1.165) is 37.3 Å². The van der Waals surface area contributed by atoms with Gasteiger partial charge in [-0.1, -0.05) is 6.07 Å². The second kappa shape index (κ2) is 6.99. The van der Waals surface area contributed by atoms with E-state index in [0.29, 0.717) is 5.69 Å². The zero-order chi connectivity index (χ0) is 16.4. The normalized spacial score (nSPS) is 21.5. The fourth-order valence-corrected chi connectivity index (χ4v) is 4.25. The van der Waals surface area contributed by atoms with E-state index in [1.54, 1.807) is 5.51 Å². The Balaban J connectivity index is 1.52. The number of carbonyl (C=O) groups is 1. The number of pyridine rings is 1. The van der Waals surface area contributed by atoms with Gasteiger partial charge in [0.15, 0.2) is 0 Å². The van der Waals surface area contributed by atoms with E-state index >= 15 is 0 Å². The van der Waals surface area contributed by atoms with Gasteiger partial charge < -0.3 is 4.90 Å². The molecule has 6 heteroatoms. The van der Waals surface area contributed by atoms with Crippen molar-refractivity contribution in [1.82, 2.24) is 19.8 Å². The Morgan fingerprint density at radius 3 is 2.88 bits per heavy atom. The molecule has 4 heterocycles. The Morgan fingerprint density at radius 2 is 2.08 bits per heavy atom. The third-order valence-corrected chi connectivity index (χ3v) is 5.51. The molecule has 0 saturated carbocycles. The summed E-state index contributed by atoms with van der Waals surface area (Å²) >= 11 is 1.46. The van der Waals surface area contributed by atoms with Crippen molar-refractivity contribution in [1.29, 1.82) is 0 Å². The van der Waals surface area contributed by atoms with Crippen LogP contribution in [0.25, 0.3) is 0 Å². The molecule has 4 rings (SSSR count). The van der Waals surface area contributed by atoms with Gasteiger partial charge in [-0.05, 0) is 50.9 Å². The first kappa shape index (κ1) is 15.7. The number of hydrogen-bond donors (Lipinski definition) is 0. The second-order valence-electron chi connectivity index (χ2n) is 6.57. The molecule has 2 saturated heterocycles. The van der Waals surface area contributed by atoms with Crippen LogP contribution in [-0.4, -0.2) is 45.3 Å². The first-order valence-electron chi connectivity index (χ1n) is 8.68. The van der Waals surface area contributed by atoms with Crippen LogP contribution in [0.15, 0.2) is 29.1 Å². The van der Waals surface area contributed by atoms with Crippen LogP contribution < -0.4 is 0 Å². The standard InChI is InChI=1S/C18H22N4OS/c23-18(16-12-24-13-19-16)22-10-4-7-17(22)15-6-3-5-14(20-15)11-21-8-1-2-9-21/h3,5-6,12-13,17H,1-2,4,7-11H2. The number of amides is 1. The molecule has 126 valence electrons. The number of nitrogens with zero attached hydrogens (tertiary/aromatic N) is 4. The minimum absolute atomic E-state index is 0.0329. The zero-order valence-electron chi connectivity index (χ0n) is 13.7. The topological polar surface area (TPSA) is 49.3 Å². The maximum Gasteiger partial charge on any atom is 0.273 e. The molecule has 1 atom stereocenters. The molecule has 1 unspecified atom stereocenters. The third-order valence-electron chi connectivity index (χ3n) is 4.92. The van der Waals surface area contributed by atoms with Gasteiger partial charge in [0.25, 0.3) is 5.91 Å². The SMILES string of the molecule is O=C(c1cscn1)N1CCCC1c1cccc(CN2CCCC2)n1. The van der Waals surface area contributed by atoms with E-state index < -0.39 is 0 Å². The molecular weight excluding hydrogens is 320 g/mol. The molecule has 0 N–H and O–H groups in total. The molecule has 2 aliphatic heterocycles. The van der Waals surface area contributed by atoms with Crippen molar-refractivity contribution in [2.45, 2.75) is 38.3 Å². The molecule has 0 radical (unpaired) electrons. The number of hydrogen-bond acceptors (Lipinski definition) is 5. The van der Waals surface area contributed by atoms with Gasteiger partial charge in [0, 0.05) is 18.5 Å². The lowest BCUT2D eigenvalue weighted by molar-refractivity contribution is 0.0727. The summed E-state index contributed by atoms with van der Waals surface area (Å²) in [6, 6.07) is 6.32. The van der Waals surface area contributed by atoms with Gasteiger partial charge in [-0.15, -0.1) is 11.3 Å². The number of likely N-dealkylation sites (tertiary alicyclic amines) is 2. The van der Waals surface area contributed by atoms with Gasteiger partial charge in [0.05, 0.1) is 22.9 Å². The van der Waals surface area contributed by atoms with Gasteiger partial charge in [-0.25, -0.2) is 4.98 Å². The Kier molecular flexibility index (Phi) is 4.58. The summed E-state index contributed by atoms with van der Waals surface area (Å²) < 4.78 is 0. The summed E-state index contributed by atoms with van der Waals surface area (Å²) in [5.74, 6) is 0.0329. The predicted octanol–water partition coefficient (Wildman–Crippen LogP) is 3.11. The van der Waals surface area contributed by atoms with E-state index in [1.165, 1.54) is 37.3 Å². The van der Waals surface area contributed by atoms with Crippen molar-refractivity contribution in [3.8, 4) is 0 Å². The van der Waals surface area contributed by atoms with E-state index in [9.17, 15) is 4.79 Å². The van der Waals surface area contributed by atoms with Crippen LogP contribution >= 0.6 is 11.3 Å². The number of thiazole rings is 1. The first-order chi connectivity index (χ1) is 11.8. The van der Waals surface area contributed by atoms with Crippen LogP contribution in [0, 0.1) is 0 Å². The Bertz CT molecular complexity index is 697. The molecule has 2 fully saturated rings. The summed E-state index contributed by atoms with van der Waals surface area (Å²) in [6.45, 7) is 4.05. The number of carbonyl (C=O) groups excluding carboxylic acids is 1. The van der Waals surface area contributed by atoms with Gasteiger partial charge >= 0.3 is 0 Å². The quantitative estimate of drug-likeness (QED) is 0.857. The number of rotatable bonds is 4. The summed E-state index contributed by atoms with van der Waals surface area (Å²) in [4.78, 5) is 26.1. The second-order valence-corrected chi connectivity index (χ2v) is 7.29. The van der Waals surface area contributed by atoms with E-state index in [4.69, 9.17) is 4.98 Å². The van der Waals surface area contributed by atoms with Crippen LogP contribution in [0.3, 0.4) is 0 Å². The fourth-order valence-electron chi connectivity index (χ4n) is 3.72. The molecule has 5 nitrogen and oxygen atoms in total. The van der Waals surface area contributed by atoms with Crippen LogP contribution in [0.4, 0.5) is 0 Å². The molecule has 0 aromatic carbocycles. The molecule has 0 bridgehead atoms. The zero-order valence-corrected chi connectivity index (χ0v) is 14.5.